The van der Waals surface area contributed by atoms with E-state index in [1.807, 2.05) is 39.0 Å². The molecule has 1 aromatic carbocycles. The van der Waals surface area contributed by atoms with Crippen LogP contribution in [0, 0.1) is 0 Å². The van der Waals surface area contributed by atoms with Crippen molar-refractivity contribution in [1.82, 2.24) is 10.3 Å². The first-order valence-electron chi connectivity index (χ1n) is 8.01. The van der Waals surface area contributed by atoms with Crippen LogP contribution in [0.25, 0.3) is 10.9 Å². The lowest BCUT2D eigenvalue weighted by atomic mass is 10.1. The molecule has 0 saturated carbocycles. The first-order valence-corrected chi connectivity index (χ1v) is 8.01. The maximum atomic E-state index is 11.5. The zero-order valence-corrected chi connectivity index (χ0v) is 14.7. The Morgan fingerprint density at radius 2 is 2.12 bits per heavy atom. The number of aromatic amines is 1. The topological polar surface area (TPSA) is 83.6 Å². The molecule has 3 N–H and O–H groups in total. The number of fused-ring (bicyclic) bond motifs is 1. The second-order valence-electron chi connectivity index (χ2n) is 6.87. The number of aliphatic hydroxyl groups excluding tert-OH is 1. The van der Waals surface area contributed by atoms with E-state index in [9.17, 15) is 9.90 Å². The quantitative estimate of drug-likeness (QED) is 0.675. The molecule has 2 aromatic rings. The number of aromatic nitrogens is 1. The van der Waals surface area contributed by atoms with E-state index in [0.29, 0.717) is 12.3 Å². The molecule has 0 radical (unpaired) electrons. The minimum atomic E-state index is -0.597. The van der Waals surface area contributed by atoms with Crippen LogP contribution >= 0.6 is 0 Å². The van der Waals surface area contributed by atoms with E-state index >= 15 is 0 Å². The Kier molecular flexibility index (Phi) is 5.85. The van der Waals surface area contributed by atoms with Crippen LogP contribution in [0.5, 0.6) is 5.75 Å². The van der Waals surface area contributed by atoms with Gasteiger partial charge < -0.3 is 24.9 Å². The van der Waals surface area contributed by atoms with Gasteiger partial charge in [-0.05, 0) is 44.5 Å². The lowest BCUT2D eigenvalue weighted by Gasteiger charge is -2.23. The Hall–Kier alpha value is -2.05. The van der Waals surface area contributed by atoms with Crippen molar-refractivity contribution in [3.63, 3.8) is 0 Å². The normalized spacial score (nSPS) is 13.0. The third kappa shape index (κ3) is 5.25. The number of carbonyl (C=O) groups is 1. The molecular weight excluding hydrogens is 308 g/mol. The summed E-state index contributed by atoms with van der Waals surface area (Å²) in [6.45, 7) is 6.80. The van der Waals surface area contributed by atoms with Gasteiger partial charge in [0.05, 0.1) is 13.5 Å². The van der Waals surface area contributed by atoms with Crippen LogP contribution in [0.3, 0.4) is 0 Å². The third-order valence-corrected chi connectivity index (χ3v) is 3.61. The summed E-state index contributed by atoms with van der Waals surface area (Å²) in [4.78, 5) is 14.6. The third-order valence-electron chi connectivity index (χ3n) is 3.61. The van der Waals surface area contributed by atoms with Gasteiger partial charge in [-0.3, -0.25) is 4.79 Å². The van der Waals surface area contributed by atoms with Crippen molar-refractivity contribution in [3.8, 4) is 5.75 Å². The number of benzene rings is 1. The number of H-pyrrole nitrogens is 1. The lowest BCUT2D eigenvalue weighted by molar-refractivity contribution is -0.139. The number of β-amino-alcohol motifs (C(OH)–C–C–N with tert-alkyl or cyclic N) is 1. The predicted molar refractivity (Wildman–Crippen MR) is 93.3 cm³/mol. The zero-order chi connectivity index (χ0) is 17.7. The molecule has 132 valence electrons. The van der Waals surface area contributed by atoms with Gasteiger partial charge in [-0.2, -0.15) is 0 Å². The van der Waals surface area contributed by atoms with E-state index in [0.717, 1.165) is 16.5 Å². The van der Waals surface area contributed by atoms with Crippen LogP contribution in [-0.4, -0.2) is 48.0 Å². The predicted octanol–water partition coefficient (Wildman–Crippen LogP) is 2.01. The van der Waals surface area contributed by atoms with Crippen molar-refractivity contribution in [3.05, 3.63) is 30.0 Å². The summed E-state index contributed by atoms with van der Waals surface area (Å²) in [6.07, 6.45) is 1.41. The summed E-state index contributed by atoms with van der Waals surface area (Å²) >= 11 is 0. The summed E-state index contributed by atoms with van der Waals surface area (Å²) in [5.41, 5.74) is 1.74. The van der Waals surface area contributed by atoms with Gasteiger partial charge in [-0.15, -0.1) is 0 Å². The van der Waals surface area contributed by atoms with E-state index in [-0.39, 0.29) is 24.5 Å². The van der Waals surface area contributed by atoms with Gasteiger partial charge in [-0.25, -0.2) is 0 Å². The molecule has 0 amide bonds. The van der Waals surface area contributed by atoms with E-state index in [4.69, 9.17) is 9.47 Å². The highest BCUT2D eigenvalue weighted by molar-refractivity contribution is 5.88. The number of aliphatic hydroxyl groups is 1. The van der Waals surface area contributed by atoms with Gasteiger partial charge in [0.25, 0.3) is 0 Å². The van der Waals surface area contributed by atoms with Gasteiger partial charge in [0.2, 0.25) is 0 Å². The van der Waals surface area contributed by atoms with Gasteiger partial charge in [-0.1, -0.05) is 0 Å². The molecule has 0 aliphatic carbocycles. The van der Waals surface area contributed by atoms with Crippen molar-refractivity contribution in [2.24, 2.45) is 0 Å². The number of ether oxygens (including phenoxy) is 2. The molecular formula is C18H26N2O4. The summed E-state index contributed by atoms with van der Waals surface area (Å²) in [6, 6.07) is 5.60. The molecule has 0 unspecified atom stereocenters. The number of carbonyl (C=O) groups excluding carboxylic acids is 1. The number of hydrogen-bond donors (Lipinski definition) is 3. The van der Waals surface area contributed by atoms with Crippen molar-refractivity contribution >= 4 is 16.9 Å². The first-order chi connectivity index (χ1) is 11.3. The highest BCUT2D eigenvalue weighted by Crippen LogP contribution is 2.24. The monoisotopic (exact) mass is 334 g/mol. The van der Waals surface area contributed by atoms with Crippen LogP contribution in [0.2, 0.25) is 0 Å². The fourth-order valence-electron chi connectivity index (χ4n) is 2.30. The lowest BCUT2D eigenvalue weighted by Crippen LogP contribution is -2.42. The van der Waals surface area contributed by atoms with Gasteiger partial charge in [0.1, 0.15) is 18.5 Å². The number of methoxy groups -OCH3 is 1. The molecule has 0 aliphatic rings. The van der Waals surface area contributed by atoms with E-state index in [1.54, 1.807) is 6.20 Å². The summed E-state index contributed by atoms with van der Waals surface area (Å²) in [7, 11) is 1.37. The molecule has 0 spiro atoms. The molecule has 0 fully saturated rings. The van der Waals surface area contributed by atoms with Crippen LogP contribution in [0.1, 0.15) is 26.3 Å². The molecule has 0 bridgehead atoms. The fraction of sp³-hybridized carbons (Fsp3) is 0.500. The molecule has 6 heteroatoms. The highest BCUT2D eigenvalue weighted by atomic mass is 16.5. The van der Waals surface area contributed by atoms with Crippen LogP contribution in [0.4, 0.5) is 0 Å². The summed E-state index contributed by atoms with van der Waals surface area (Å²) in [5.74, 6) is 0.369. The zero-order valence-electron chi connectivity index (χ0n) is 14.7. The molecule has 1 atom stereocenters. The van der Waals surface area contributed by atoms with Crippen LogP contribution in [0.15, 0.2) is 24.4 Å². The molecule has 0 saturated heterocycles. The van der Waals surface area contributed by atoms with Crippen LogP contribution in [-0.2, 0) is 16.0 Å². The Morgan fingerprint density at radius 1 is 1.38 bits per heavy atom. The van der Waals surface area contributed by atoms with E-state index < -0.39 is 6.10 Å². The van der Waals surface area contributed by atoms with Gasteiger partial charge in [0, 0.05) is 29.2 Å². The van der Waals surface area contributed by atoms with E-state index in [1.165, 1.54) is 7.11 Å². The largest absolute Gasteiger partial charge is 0.491 e. The van der Waals surface area contributed by atoms with Crippen molar-refractivity contribution in [1.29, 1.82) is 0 Å². The number of rotatable bonds is 7. The number of hydrogen-bond acceptors (Lipinski definition) is 5. The highest BCUT2D eigenvalue weighted by Gasteiger charge is 2.13. The molecule has 24 heavy (non-hydrogen) atoms. The molecule has 1 aromatic heterocycles. The van der Waals surface area contributed by atoms with Gasteiger partial charge >= 0.3 is 5.97 Å². The smallest absolute Gasteiger partial charge is 0.310 e. The standard InChI is InChI=1S/C18H26N2O4/c1-18(2,3)20-10-13(21)11-24-14-5-6-16-15(8-14)12(9-19-16)7-17(22)23-4/h5-6,8-9,13,19-21H,7,10-11H2,1-4H3/t13-/m1/s1. The minimum Gasteiger partial charge on any atom is -0.491 e. The molecule has 2 rings (SSSR count). The molecule has 6 nitrogen and oxygen atoms in total. The SMILES string of the molecule is COC(=O)Cc1c[nH]c2ccc(OC[C@H](O)CNC(C)(C)C)cc12. The van der Waals surface area contributed by atoms with Crippen molar-refractivity contribution in [2.75, 3.05) is 20.3 Å². The van der Waals surface area contributed by atoms with E-state index in [2.05, 4.69) is 10.3 Å². The Morgan fingerprint density at radius 3 is 2.79 bits per heavy atom. The van der Waals surface area contributed by atoms with Gasteiger partial charge in [0.15, 0.2) is 0 Å². The molecule has 0 aliphatic heterocycles. The second-order valence-corrected chi connectivity index (χ2v) is 6.87. The number of esters is 1. The Balaban J connectivity index is 1.99. The number of nitrogens with one attached hydrogen (secondary N) is 2. The van der Waals surface area contributed by atoms with Crippen molar-refractivity contribution in [2.45, 2.75) is 38.8 Å². The minimum absolute atomic E-state index is 0.0478. The Bertz CT molecular complexity index is 688. The maximum absolute atomic E-state index is 11.5. The average molecular weight is 334 g/mol. The van der Waals surface area contributed by atoms with Crippen LogP contribution < -0.4 is 10.1 Å². The Labute approximate surface area is 142 Å². The molecule has 1 heterocycles. The average Bonchev–Trinajstić information content (AvgIpc) is 2.92. The second kappa shape index (κ2) is 7.68. The summed E-state index contributed by atoms with van der Waals surface area (Å²) < 4.78 is 10.4. The summed E-state index contributed by atoms with van der Waals surface area (Å²) in [5, 5.41) is 14.1. The maximum Gasteiger partial charge on any atom is 0.310 e. The first kappa shape index (κ1) is 18.3. The fourth-order valence-corrected chi connectivity index (χ4v) is 2.30. The van der Waals surface area contributed by atoms with Crippen molar-refractivity contribution < 1.29 is 19.4 Å².